The van der Waals surface area contributed by atoms with Crippen molar-refractivity contribution in [2.24, 2.45) is 13.0 Å². The van der Waals surface area contributed by atoms with Crippen LogP contribution in [0.15, 0.2) is 30.9 Å². The quantitative estimate of drug-likeness (QED) is 0.921. The average molecular weight is 300 g/mol. The molecule has 22 heavy (non-hydrogen) atoms. The molecule has 1 aliphatic heterocycles. The summed E-state index contributed by atoms with van der Waals surface area (Å²) in [4.78, 5) is 8.71. The number of aromatic nitrogens is 3. The van der Waals surface area contributed by atoms with E-state index in [4.69, 9.17) is 4.74 Å². The summed E-state index contributed by atoms with van der Waals surface area (Å²) in [5, 5.41) is 3.55. The molecule has 0 radical (unpaired) electrons. The molecule has 2 aromatic heterocycles. The minimum absolute atomic E-state index is 0.0943. The van der Waals surface area contributed by atoms with Crippen molar-refractivity contribution in [3.63, 3.8) is 0 Å². The van der Waals surface area contributed by atoms with E-state index in [1.165, 1.54) is 17.5 Å². The maximum atomic E-state index is 6.00. The van der Waals surface area contributed by atoms with E-state index < -0.39 is 0 Å². The maximum absolute atomic E-state index is 6.00. The Labute approximate surface area is 131 Å². The Morgan fingerprint density at radius 1 is 1.41 bits per heavy atom. The number of pyridine rings is 1. The summed E-state index contributed by atoms with van der Waals surface area (Å²) in [7, 11) is 2.03. The first-order valence-electron chi connectivity index (χ1n) is 7.94. The molecule has 0 unspecified atom stereocenters. The first-order valence-corrected chi connectivity index (χ1v) is 7.94. The number of nitrogens with zero attached hydrogens (tertiary/aromatic N) is 3. The summed E-state index contributed by atoms with van der Waals surface area (Å²) in [5.74, 6) is 1.50. The van der Waals surface area contributed by atoms with Gasteiger partial charge in [-0.3, -0.25) is 4.98 Å². The van der Waals surface area contributed by atoms with Gasteiger partial charge >= 0.3 is 0 Å². The maximum Gasteiger partial charge on any atom is 0.137 e. The monoisotopic (exact) mass is 300 g/mol. The van der Waals surface area contributed by atoms with Gasteiger partial charge in [0.1, 0.15) is 11.9 Å². The number of imidazole rings is 1. The molecule has 0 spiro atoms. The van der Waals surface area contributed by atoms with Crippen LogP contribution in [0.25, 0.3) is 0 Å². The number of aryl methyl sites for hydroxylation is 2. The van der Waals surface area contributed by atoms with Crippen molar-refractivity contribution in [1.29, 1.82) is 0 Å². The fourth-order valence-electron chi connectivity index (χ4n) is 3.11. The third-order valence-electron chi connectivity index (χ3n) is 4.22. The van der Waals surface area contributed by atoms with Gasteiger partial charge in [-0.25, -0.2) is 4.98 Å². The van der Waals surface area contributed by atoms with Gasteiger partial charge in [0, 0.05) is 57.4 Å². The van der Waals surface area contributed by atoms with E-state index in [1.807, 2.05) is 31.8 Å². The molecular formula is C17H24N4O. The van der Waals surface area contributed by atoms with Gasteiger partial charge in [0.05, 0.1) is 0 Å². The standard InChI is InChI=1S/C17H24N4O/c1-13-8-14(10-18-9-13)11-19-12-15-4-3-7-22-16(15)17-20-5-6-21(17)2/h5-6,8-10,15-16,19H,3-4,7,11-12H2,1-2H3/t15-,16+/m0/s1. The molecule has 5 nitrogen and oxygen atoms in total. The Kier molecular flexibility index (Phi) is 4.85. The van der Waals surface area contributed by atoms with E-state index in [0.717, 1.165) is 31.9 Å². The SMILES string of the molecule is Cc1cncc(CNC[C@@H]2CCCO[C@H]2c2nccn2C)c1. The smallest absolute Gasteiger partial charge is 0.137 e. The molecule has 0 aromatic carbocycles. The molecule has 1 N–H and O–H groups in total. The molecule has 1 saturated heterocycles. The summed E-state index contributed by atoms with van der Waals surface area (Å²) in [5.41, 5.74) is 2.43. The summed E-state index contributed by atoms with van der Waals surface area (Å²) < 4.78 is 8.06. The van der Waals surface area contributed by atoms with E-state index in [2.05, 4.69) is 32.8 Å². The fourth-order valence-corrected chi connectivity index (χ4v) is 3.11. The zero-order chi connectivity index (χ0) is 15.4. The number of hydrogen-bond donors (Lipinski definition) is 1. The fraction of sp³-hybridized carbons (Fsp3) is 0.529. The number of ether oxygens (including phenoxy) is 1. The highest BCUT2D eigenvalue weighted by Gasteiger charge is 2.29. The highest BCUT2D eigenvalue weighted by atomic mass is 16.5. The Morgan fingerprint density at radius 2 is 2.32 bits per heavy atom. The zero-order valence-electron chi connectivity index (χ0n) is 13.3. The van der Waals surface area contributed by atoms with Gasteiger partial charge in [0.25, 0.3) is 0 Å². The van der Waals surface area contributed by atoms with Gasteiger partial charge in [0.2, 0.25) is 0 Å². The van der Waals surface area contributed by atoms with Crippen molar-refractivity contribution in [2.75, 3.05) is 13.2 Å². The predicted octanol–water partition coefficient (Wildman–Crippen LogP) is 2.38. The summed E-state index contributed by atoms with van der Waals surface area (Å²) in [6.45, 7) is 4.68. The molecule has 1 fully saturated rings. The minimum Gasteiger partial charge on any atom is -0.370 e. The topological polar surface area (TPSA) is 52.0 Å². The van der Waals surface area contributed by atoms with Gasteiger partial charge < -0.3 is 14.6 Å². The lowest BCUT2D eigenvalue weighted by Crippen LogP contribution is -2.33. The number of rotatable bonds is 5. The number of nitrogens with one attached hydrogen (secondary N) is 1. The zero-order valence-corrected chi connectivity index (χ0v) is 13.3. The lowest BCUT2D eigenvalue weighted by Gasteiger charge is -2.31. The van der Waals surface area contributed by atoms with Crippen molar-refractivity contribution in [3.05, 3.63) is 47.8 Å². The number of hydrogen-bond acceptors (Lipinski definition) is 4. The van der Waals surface area contributed by atoms with Crippen molar-refractivity contribution >= 4 is 0 Å². The summed E-state index contributed by atoms with van der Waals surface area (Å²) in [6.07, 6.45) is 10.0. The van der Waals surface area contributed by atoms with Crippen LogP contribution in [0.5, 0.6) is 0 Å². The van der Waals surface area contributed by atoms with E-state index in [1.54, 1.807) is 0 Å². The average Bonchev–Trinajstić information content (AvgIpc) is 2.94. The summed E-state index contributed by atoms with van der Waals surface area (Å²) in [6, 6.07) is 2.17. The van der Waals surface area contributed by atoms with Gasteiger partial charge in [-0.15, -0.1) is 0 Å². The normalized spacial score (nSPS) is 21.9. The second-order valence-corrected chi connectivity index (χ2v) is 6.09. The molecule has 3 rings (SSSR count). The van der Waals surface area contributed by atoms with E-state index in [0.29, 0.717) is 5.92 Å². The Bertz CT molecular complexity index is 610. The van der Waals surface area contributed by atoms with E-state index in [9.17, 15) is 0 Å². The van der Waals surface area contributed by atoms with Gasteiger partial charge in [-0.2, -0.15) is 0 Å². The van der Waals surface area contributed by atoms with Crippen LogP contribution < -0.4 is 5.32 Å². The second kappa shape index (κ2) is 7.03. The third kappa shape index (κ3) is 3.54. The van der Waals surface area contributed by atoms with Crippen LogP contribution in [-0.4, -0.2) is 27.7 Å². The molecule has 118 valence electrons. The van der Waals surface area contributed by atoms with Gasteiger partial charge in [0.15, 0.2) is 0 Å². The van der Waals surface area contributed by atoms with Crippen molar-refractivity contribution in [2.45, 2.75) is 32.4 Å². The predicted molar refractivity (Wildman–Crippen MR) is 85.3 cm³/mol. The van der Waals surface area contributed by atoms with Gasteiger partial charge in [-0.1, -0.05) is 6.07 Å². The second-order valence-electron chi connectivity index (χ2n) is 6.09. The van der Waals surface area contributed by atoms with Crippen LogP contribution in [0.2, 0.25) is 0 Å². The molecule has 0 aliphatic carbocycles. The van der Waals surface area contributed by atoms with Crippen molar-refractivity contribution < 1.29 is 4.74 Å². The first kappa shape index (κ1) is 15.2. The van der Waals surface area contributed by atoms with Crippen LogP contribution in [0.4, 0.5) is 0 Å². The molecule has 0 saturated carbocycles. The van der Waals surface area contributed by atoms with Crippen LogP contribution in [0.1, 0.15) is 35.9 Å². The molecule has 0 bridgehead atoms. The highest BCUT2D eigenvalue weighted by Crippen LogP contribution is 2.32. The van der Waals surface area contributed by atoms with Crippen LogP contribution in [-0.2, 0) is 18.3 Å². The lowest BCUT2D eigenvalue weighted by molar-refractivity contribution is -0.0344. The Morgan fingerprint density at radius 3 is 3.09 bits per heavy atom. The molecule has 2 aromatic rings. The van der Waals surface area contributed by atoms with Gasteiger partial charge in [-0.05, 0) is 30.9 Å². The summed E-state index contributed by atoms with van der Waals surface area (Å²) >= 11 is 0. The van der Waals surface area contributed by atoms with Crippen molar-refractivity contribution in [1.82, 2.24) is 19.9 Å². The van der Waals surface area contributed by atoms with Crippen molar-refractivity contribution in [3.8, 4) is 0 Å². The Balaban J connectivity index is 1.59. The minimum atomic E-state index is 0.0943. The Hall–Kier alpha value is -1.72. The molecule has 3 heterocycles. The molecule has 1 aliphatic rings. The van der Waals surface area contributed by atoms with Crippen LogP contribution in [0, 0.1) is 12.8 Å². The van der Waals surface area contributed by atoms with E-state index >= 15 is 0 Å². The van der Waals surface area contributed by atoms with Crippen LogP contribution in [0.3, 0.4) is 0 Å². The first-order chi connectivity index (χ1) is 10.7. The molecule has 2 atom stereocenters. The largest absolute Gasteiger partial charge is 0.370 e. The van der Waals surface area contributed by atoms with Crippen LogP contribution >= 0.6 is 0 Å². The highest BCUT2D eigenvalue weighted by molar-refractivity contribution is 5.16. The molecule has 0 amide bonds. The molecular weight excluding hydrogens is 276 g/mol. The lowest BCUT2D eigenvalue weighted by atomic mass is 9.93. The van der Waals surface area contributed by atoms with E-state index in [-0.39, 0.29) is 6.10 Å². The third-order valence-corrected chi connectivity index (χ3v) is 4.22. The molecule has 5 heteroatoms.